The van der Waals surface area contributed by atoms with E-state index >= 15 is 0 Å². The maximum Gasteiger partial charge on any atom is 0.287 e. The van der Waals surface area contributed by atoms with Crippen LogP contribution in [0.5, 0.6) is 11.5 Å². The van der Waals surface area contributed by atoms with Crippen molar-refractivity contribution in [1.29, 1.82) is 0 Å². The van der Waals surface area contributed by atoms with Crippen LogP contribution in [0.15, 0.2) is 45.9 Å². The standard InChI is InChI=1S/C22H29N3O7S/c1-15(2)20(23-21(26)18-6-5-13-32-18)22(27)24-9-11-25(12-10-24)33(28,29)16-7-8-17(30-3)19(14-16)31-4/h5-8,13-15,20H,9-12H2,1-4H3,(H,23,26)/t20-/m0/s1. The molecule has 1 aliphatic heterocycles. The maximum absolute atomic E-state index is 13.1. The number of nitrogens with zero attached hydrogens (tertiary/aromatic N) is 2. The van der Waals surface area contributed by atoms with E-state index in [1.807, 2.05) is 13.8 Å². The first kappa shape index (κ1) is 24.6. The molecule has 1 aliphatic rings. The van der Waals surface area contributed by atoms with Gasteiger partial charge in [0.2, 0.25) is 15.9 Å². The molecule has 0 spiro atoms. The van der Waals surface area contributed by atoms with E-state index in [1.165, 1.54) is 43.0 Å². The highest BCUT2D eigenvalue weighted by molar-refractivity contribution is 7.89. The minimum Gasteiger partial charge on any atom is -0.493 e. The summed E-state index contributed by atoms with van der Waals surface area (Å²) in [7, 11) is -0.861. The Balaban J connectivity index is 1.67. The molecule has 3 rings (SSSR count). The number of sulfonamides is 1. The van der Waals surface area contributed by atoms with E-state index in [2.05, 4.69) is 5.32 Å². The summed E-state index contributed by atoms with van der Waals surface area (Å²) in [6.45, 7) is 4.38. The topological polar surface area (TPSA) is 118 Å². The molecule has 1 aromatic heterocycles. The SMILES string of the molecule is COc1ccc(S(=O)(=O)N2CCN(C(=O)[C@@H](NC(=O)c3ccco3)C(C)C)CC2)cc1OC. The van der Waals surface area contributed by atoms with E-state index in [0.29, 0.717) is 11.5 Å². The minimum absolute atomic E-state index is 0.0886. The van der Waals surface area contributed by atoms with Crippen LogP contribution in [0.3, 0.4) is 0 Å². The molecule has 2 aromatic rings. The third kappa shape index (κ3) is 5.31. The van der Waals surface area contributed by atoms with Gasteiger partial charge in [-0.1, -0.05) is 13.8 Å². The second kappa shape index (κ2) is 10.3. The number of furan rings is 1. The Kier molecular flexibility index (Phi) is 7.65. The summed E-state index contributed by atoms with van der Waals surface area (Å²) >= 11 is 0. The highest BCUT2D eigenvalue weighted by atomic mass is 32.2. The number of rotatable bonds is 8. The Hall–Kier alpha value is -3.05. The molecule has 2 heterocycles. The van der Waals surface area contributed by atoms with Crippen molar-refractivity contribution in [3.63, 3.8) is 0 Å². The Morgan fingerprint density at radius 2 is 1.70 bits per heavy atom. The van der Waals surface area contributed by atoms with Crippen LogP contribution in [0.25, 0.3) is 0 Å². The number of piperazine rings is 1. The summed E-state index contributed by atoms with van der Waals surface area (Å²) in [4.78, 5) is 27.1. The molecule has 180 valence electrons. The number of carbonyl (C=O) groups is 2. The third-order valence-corrected chi connectivity index (χ3v) is 7.40. The number of methoxy groups -OCH3 is 2. The summed E-state index contributed by atoms with van der Waals surface area (Å²) in [6.07, 6.45) is 1.39. The van der Waals surface area contributed by atoms with Gasteiger partial charge in [-0.3, -0.25) is 9.59 Å². The van der Waals surface area contributed by atoms with Gasteiger partial charge in [0.15, 0.2) is 17.3 Å². The van der Waals surface area contributed by atoms with E-state index in [9.17, 15) is 18.0 Å². The van der Waals surface area contributed by atoms with Gasteiger partial charge >= 0.3 is 0 Å². The Bertz CT molecular complexity index is 1080. The van der Waals surface area contributed by atoms with E-state index in [-0.39, 0.29) is 48.7 Å². The normalized spacial score (nSPS) is 15.8. The molecule has 1 atom stereocenters. The van der Waals surface area contributed by atoms with Crippen molar-refractivity contribution in [2.24, 2.45) is 5.92 Å². The van der Waals surface area contributed by atoms with E-state index in [1.54, 1.807) is 17.0 Å². The Morgan fingerprint density at radius 1 is 1.03 bits per heavy atom. The molecule has 0 bridgehead atoms. The zero-order valence-electron chi connectivity index (χ0n) is 19.1. The van der Waals surface area contributed by atoms with Crippen LogP contribution in [0.1, 0.15) is 24.4 Å². The molecule has 1 aromatic carbocycles. The second-order valence-electron chi connectivity index (χ2n) is 7.92. The van der Waals surface area contributed by atoms with Crippen LogP contribution in [-0.4, -0.2) is 75.9 Å². The van der Waals surface area contributed by atoms with Crippen molar-refractivity contribution < 1.29 is 31.9 Å². The van der Waals surface area contributed by atoms with Crippen LogP contribution in [0.2, 0.25) is 0 Å². The van der Waals surface area contributed by atoms with Gasteiger partial charge in [-0.15, -0.1) is 0 Å². The van der Waals surface area contributed by atoms with Crippen molar-refractivity contribution in [2.75, 3.05) is 40.4 Å². The second-order valence-corrected chi connectivity index (χ2v) is 9.86. The van der Waals surface area contributed by atoms with Crippen molar-refractivity contribution in [2.45, 2.75) is 24.8 Å². The largest absolute Gasteiger partial charge is 0.493 e. The molecule has 1 N–H and O–H groups in total. The lowest BCUT2D eigenvalue weighted by molar-refractivity contribution is -0.135. The minimum atomic E-state index is -3.78. The first-order chi connectivity index (χ1) is 15.7. The first-order valence-corrected chi connectivity index (χ1v) is 12.0. The monoisotopic (exact) mass is 479 g/mol. The third-order valence-electron chi connectivity index (χ3n) is 5.51. The Labute approximate surface area is 193 Å². The lowest BCUT2D eigenvalue weighted by atomic mass is 10.0. The lowest BCUT2D eigenvalue weighted by Gasteiger charge is -2.36. The number of benzene rings is 1. The van der Waals surface area contributed by atoms with Gasteiger partial charge < -0.3 is 24.1 Å². The van der Waals surface area contributed by atoms with Gasteiger partial charge in [0, 0.05) is 32.2 Å². The fourth-order valence-corrected chi connectivity index (χ4v) is 5.04. The molecule has 0 radical (unpaired) electrons. The number of nitrogens with one attached hydrogen (secondary N) is 1. The predicted molar refractivity (Wildman–Crippen MR) is 120 cm³/mol. The van der Waals surface area contributed by atoms with Gasteiger partial charge in [-0.05, 0) is 30.2 Å². The van der Waals surface area contributed by atoms with E-state index in [4.69, 9.17) is 13.9 Å². The summed E-state index contributed by atoms with van der Waals surface area (Å²) in [5, 5.41) is 2.73. The fourth-order valence-electron chi connectivity index (χ4n) is 3.61. The van der Waals surface area contributed by atoms with Crippen LogP contribution in [0, 0.1) is 5.92 Å². The van der Waals surface area contributed by atoms with Crippen LogP contribution in [-0.2, 0) is 14.8 Å². The number of hydrogen-bond acceptors (Lipinski definition) is 7. The quantitative estimate of drug-likeness (QED) is 0.611. The fraction of sp³-hybridized carbons (Fsp3) is 0.455. The molecule has 1 saturated heterocycles. The average molecular weight is 480 g/mol. The zero-order chi connectivity index (χ0) is 24.2. The van der Waals surface area contributed by atoms with Crippen molar-refractivity contribution in [1.82, 2.24) is 14.5 Å². The lowest BCUT2D eigenvalue weighted by Crippen LogP contribution is -2.57. The van der Waals surface area contributed by atoms with Gasteiger partial charge in [-0.25, -0.2) is 8.42 Å². The van der Waals surface area contributed by atoms with E-state index in [0.717, 1.165) is 0 Å². The molecular weight excluding hydrogens is 450 g/mol. The molecule has 2 amide bonds. The number of ether oxygens (including phenoxy) is 2. The molecule has 0 aliphatic carbocycles. The maximum atomic E-state index is 13.1. The van der Waals surface area contributed by atoms with Gasteiger partial charge in [-0.2, -0.15) is 4.31 Å². The number of hydrogen-bond donors (Lipinski definition) is 1. The van der Waals surface area contributed by atoms with Crippen LogP contribution < -0.4 is 14.8 Å². The first-order valence-electron chi connectivity index (χ1n) is 10.5. The highest BCUT2D eigenvalue weighted by Crippen LogP contribution is 2.31. The molecular formula is C22H29N3O7S. The smallest absolute Gasteiger partial charge is 0.287 e. The van der Waals surface area contributed by atoms with Gasteiger partial charge in [0.1, 0.15) is 6.04 Å². The average Bonchev–Trinajstić information content (AvgIpc) is 3.36. The molecule has 33 heavy (non-hydrogen) atoms. The number of amides is 2. The van der Waals surface area contributed by atoms with Crippen molar-refractivity contribution in [3.8, 4) is 11.5 Å². The summed E-state index contributed by atoms with van der Waals surface area (Å²) in [5.41, 5.74) is 0. The summed E-state index contributed by atoms with van der Waals surface area (Å²) in [5.74, 6) is -0.0124. The van der Waals surface area contributed by atoms with Crippen molar-refractivity contribution in [3.05, 3.63) is 42.4 Å². The van der Waals surface area contributed by atoms with Gasteiger partial charge in [0.05, 0.1) is 25.4 Å². The predicted octanol–water partition coefficient (Wildman–Crippen LogP) is 1.58. The molecule has 11 heteroatoms. The van der Waals surface area contributed by atoms with Crippen molar-refractivity contribution >= 4 is 21.8 Å². The summed E-state index contributed by atoms with van der Waals surface area (Å²) in [6, 6.07) is 6.79. The Morgan fingerprint density at radius 3 is 2.24 bits per heavy atom. The number of carbonyl (C=O) groups excluding carboxylic acids is 2. The van der Waals surface area contributed by atoms with Crippen LogP contribution in [0.4, 0.5) is 0 Å². The highest BCUT2D eigenvalue weighted by Gasteiger charge is 2.34. The van der Waals surface area contributed by atoms with Gasteiger partial charge in [0.25, 0.3) is 5.91 Å². The molecule has 10 nitrogen and oxygen atoms in total. The van der Waals surface area contributed by atoms with Crippen LogP contribution >= 0.6 is 0 Å². The molecule has 0 saturated carbocycles. The van der Waals surface area contributed by atoms with E-state index < -0.39 is 22.0 Å². The molecule has 0 unspecified atom stereocenters. The zero-order valence-corrected chi connectivity index (χ0v) is 19.9. The summed E-state index contributed by atoms with van der Waals surface area (Å²) < 4.78 is 43.0. The molecule has 1 fully saturated rings.